The van der Waals surface area contributed by atoms with E-state index in [0.29, 0.717) is 5.92 Å². The molecule has 1 aliphatic heterocycles. The number of hydrogen-bond acceptors (Lipinski definition) is 4. The lowest BCUT2D eigenvalue weighted by Crippen LogP contribution is -2.53. The Morgan fingerprint density at radius 1 is 1.09 bits per heavy atom. The van der Waals surface area contributed by atoms with Crippen LogP contribution in [-0.4, -0.2) is 53.5 Å². The number of rotatable bonds is 5. The molecule has 0 atom stereocenters. The Kier molecular flexibility index (Phi) is 5.57. The Hall–Kier alpha value is -0.875. The van der Waals surface area contributed by atoms with Crippen molar-refractivity contribution in [3.8, 4) is 0 Å². The predicted molar refractivity (Wildman–Crippen MR) is 95.0 cm³/mol. The summed E-state index contributed by atoms with van der Waals surface area (Å²) in [6.07, 6.45) is 2.36. The zero-order valence-electron chi connectivity index (χ0n) is 15.0. The average Bonchev–Trinajstić information content (AvgIpc) is 2.46. The molecule has 0 radical (unpaired) electrons. The topological polar surface area (TPSA) is 52.9 Å². The van der Waals surface area contributed by atoms with Gasteiger partial charge in [-0.15, -0.1) is 0 Å². The van der Waals surface area contributed by atoms with E-state index >= 15 is 0 Å². The summed E-state index contributed by atoms with van der Waals surface area (Å²) in [5.41, 5.74) is 0.163. The number of piperidine rings is 1. The predicted octanol–water partition coefficient (Wildman–Crippen LogP) is 1.75. The quantitative estimate of drug-likeness (QED) is 0.812. The lowest BCUT2D eigenvalue weighted by Gasteiger charge is -2.38. The number of hydrogen-bond donors (Lipinski definition) is 2. The monoisotopic (exact) mass is 319 g/mol. The molecule has 4 nitrogen and oxygen atoms in total. The molecule has 0 saturated carbocycles. The van der Waals surface area contributed by atoms with E-state index < -0.39 is 18.3 Å². The minimum absolute atomic E-state index is 0.603. The van der Waals surface area contributed by atoms with Gasteiger partial charge in [-0.25, -0.2) is 0 Å². The van der Waals surface area contributed by atoms with Crippen LogP contribution in [0.5, 0.6) is 0 Å². The fourth-order valence-corrected chi connectivity index (χ4v) is 2.77. The summed E-state index contributed by atoms with van der Waals surface area (Å²) in [6, 6.07) is 8.04. The van der Waals surface area contributed by atoms with Crippen LogP contribution in [0.4, 0.5) is 0 Å². The first-order chi connectivity index (χ1) is 10.6. The fourth-order valence-electron chi connectivity index (χ4n) is 2.77. The van der Waals surface area contributed by atoms with Crippen LogP contribution in [-0.2, 0) is 4.65 Å². The van der Waals surface area contributed by atoms with E-state index in [1.807, 2.05) is 12.1 Å². The molecule has 5 heteroatoms. The minimum Gasteiger partial charge on any atom is -0.423 e. The van der Waals surface area contributed by atoms with Crippen LogP contribution in [0.1, 0.15) is 52.0 Å². The zero-order valence-corrected chi connectivity index (χ0v) is 15.0. The lowest BCUT2D eigenvalue weighted by atomic mass is 9.75. The number of aliphatic hydroxyl groups is 1. The fraction of sp³-hybridized carbons (Fsp3) is 0.667. The van der Waals surface area contributed by atoms with Gasteiger partial charge in [-0.05, 0) is 77.6 Å². The molecule has 0 bridgehead atoms. The molecule has 1 aromatic rings. The van der Waals surface area contributed by atoms with Crippen LogP contribution in [0.15, 0.2) is 24.3 Å². The number of nitrogens with zero attached hydrogens (tertiary/aromatic N) is 1. The van der Waals surface area contributed by atoms with Crippen LogP contribution >= 0.6 is 0 Å². The standard InChI is InChI=1S/C18H30BNO3/c1-17(2,21)18(3,4)23-19(22)16-8-6-14(7-9-16)15-10-12-20(5)13-11-15/h6-9,15,21-22H,10-13H2,1-5H3. The second kappa shape index (κ2) is 6.93. The summed E-state index contributed by atoms with van der Waals surface area (Å²) in [4.78, 5) is 2.36. The second-order valence-electron chi connectivity index (χ2n) is 7.78. The molecule has 0 aromatic heterocycles. The Balaban J connectivity index is 2.02. The summed E-state index contributed by atoms with van der Waals surface area (Å²) in [6.45, 7) is 9.20. The second-order valence-corrected chi connectivity index (χ2v) is 7.78. The van der Waals surface area contributed by atoms with Gasteiger partial charge < -0.3 is 19.7 Å². The Bertz CT molecular complexity index is 502. The van der Waals surface area contributed by atoms with Crippen LogP contribution in [0, 0.1) is 0 Å². The maximum Gasteiger partial charge on any atom is 0.491 e. The van der Waals surface area contributed by atoms with Crippen molar-refractivity contribution in [3.05, 3.63) is 29.8 Å². The molecule has 0 aliphatic carbocycles. The summed E-state index contributed by atoms with van der Waals surface area (Å²) in [5, 5.41) is 20.5. The lowest BCUT2D eigenvalue weighted by molar-refractivity contribution is -0.0982. The molecule has 128 valence electrons. The first kappa shape index (κ1) is 18.5. The Morgan fingerprint density at radius 2 is 1.61 bits per heavy atom. The van der Waals surface area contributed by atoms with Crippen LogP contribution in [0.3, 0.4) is 0 Å². The van der Waals surface area contributed by atoms with E-state index in [0.717, 1.165) is 18.6 Å². The third-order valence-electron chi connectivity index (χ3n) is 5.29. The van der Waals surface area contributed by atoms with Gasteiger partial charge in [0.15, 0.2) is 0 Å². The van der Waals surface area contributed by atoms with Gasteiger partial charge in [0.25, 0.3) is 0 Å². The Morgan fingerprint density at radius 3 is 2.09 bits per heavy atom. The van der Waals surface area contributed by atoms with Crippen LogP contribution in [0.2, 0.25) is 0 Å². The van der Waals surface area contributed by atoms with E-state index in [1.54, 1.807) is 27.7 Å². The highest BCUT2D eigenvalue weighted by Crippen LogP contribution is 2.27. The minimum atomic E-state index is -1.04. The average molecular weight is 319 g/mol. The van der Waals surface area contributed by atoms with Crippen molar-refractivity contribution >= 4 is 12.6 Å². The highest BCUT2D eigenvalue weighted by molar-refractivity contribution is 6.60. The van der Waals surface area contributed by atoms with Crippen molar-refractivity contribution in [1.29, 1.82) is 0 Å². The van der Waals surface area contributed by atoms with Gasteiger partial charge in [0.05, 0.1) is 11.2 Å². The number of benzene rings is 1. The maximum atomic E-state index is 10.3. The summed E-state index contributed by atoms with van der Waals surface area (Å²) in [5.74, 6) is 0.603. The first-order valence-corrected chi connectivity index (χ1v) is 8.47. The highest BCUT2D eigenvalue weighted by atomic mass is 16.5. The van der Waals surface area contributed by atoms with Gasteiger partial charge in [0.2, 0.25) is 0 Å². The zero-order chi connectivity index (χ0) is 17.3. The van der Waals surface area contributed by atoms with E-state index in [9.17, 15) is 10.1 Å². The van der Waals surface area contributed by atoms with Gasteiger partial charge >= 0.3 is 7.12 Å². The molecule has 1 fully saturated rings. The van der Waals surface area contributed by atoms with E-state index in [1.165, 1.54) is 18.4 Å². The van der Waals surface area contributed by atoms with Crippen LogP contribution in [0.25, 0.3) is 0 Å². The third kappa shape index (κ3) is 4.57. The van der Waals surface area contributed by atoms with Crippen molar-refractivity contribution in [2.24, 2.45) is 0 Å². The van der Waals surface area contributed by atoms with Crippen LogP contribution < -0.4 is 5.46 Å². The van der Waals surface area contributed by atoms with Gasteiger partial charge in [0.1, 0.15) is 0 Å². The molecule has 0 amide bonds. The number of likely N-dealkylation sites (tertiary alicyclic amines) is 1. The summed E-state index contributed by atoms with van der Waals surface area (Å²) < 4.78 is 5.69. The van der Waals surface area contributed by atoms with Gasteiger partial charge in [-0.1, -0.05) is 24.3 Å². The first-order valence-electron chi connectivity index (χ1n) is 8.47. The Labute approximate surface area is 140 Å². The van der Waals surface area contributed by atoms with Crippen molar-refractivity contribution < 1.29 is 14.8 Å². The third-order valence-corrected chi connectivity index (χ3v) is 5.29. The largest absolute Gasteiger partial charge is 0.491 e. The normalized spacial score (nSPS) is 18.2. The molecule has 1 aromatic carbocycles. The van der Waals surface area contributed by atoms with Crippen molar-refractivity contribution in [3.63, 3.8) is 0 Å². The van der Waals surface area contributed by atoms with Gasteiger partial charge in [-0.2, -0.15) is 0 Å². The van der Waals surface area contributed by atoms with Crippen molar-refractivity contribution in [2.45, 2.75) is 57.7 Å². The smallest absolute Gasteiger partial charge is 0.423 e. The molecule has 1 saturated heterocycles. The van der Waals surface area contributed by atoms with Gasteiger partial charge in [-0.3, -0.25) is 0 Å². The molecule has 1 heterocycles. The highest BCUT2D eigenvalue weighted by Gasteiger charge is 2.39. The molecular weight excluding hydrogens is 289 g/mol. The molecule has 2 N–H and O–H groups in total. The van der Waals surface area contributed by atoms with E-state index in [4.69, 9.17) is 4.65 Å². The molecule has 0 unspecified atom stereocenters. The molecule has 1 aliphatic rings. The van der Waals surface area contributed by atoms with Crippen molar-refractivity contribution in [1.82, 2.24) is 4.90 Å². The molecule has 2 rings (SSSR count). The maximum absolute atomic E-state index is 10.3. The summed E-state index contributed by atoms with van der Waals surface area (Å²) in [7, 11) is 1.13. The van der Waals surface area contributed by atoms with E-state index in [2.05, 4.69) is 24.1 Å². The van der Waals surface area contributed by atoms with Gasteiger partial charge in [0, 0.05) is 0 Å². The SMILES string of the molecule is CN1CCC(c2ccc(B(O)OC(C)(C)C(C)(C)O)cc2)CC1. The molecule has 23 heavy (non-hydrogen) atoms. The van der Waals surface area contributed by atoms with E-state index in [-0.39, 0.29) is 0 Å². The summed E-state index contributed by atoms with van der Waals surface area (Å²) >= 11 is 0. The molecule has 0 spiro atoms. The van der Waals surface area contributed by atoms with Crippen molar-refractivity contribution in [2.75, 3.05) is 20.1 Å². The molecular formula is C18H30BNO3.